The first-order chi connectivity index (χ1) is 9.02. The lowest BCUT2D eigenvalue weighted by Crippen LogP contribution is -2.34. The third kappa shape index (κ3) is 6.32. The number of carbonyl (C=O) groups is 1. The molecular weight excluding hydrogens is 282 g/mol. The fourth-order valence-corrected chi connectivity index (χ4v) is 2.53. The monoisotopic (exact) mass is 301 g/mol. The van der Waals surface area contributed by atoms with Gasteiger partial charge >= 0.3 is 0 Å². The average Bonchev–Trinajstić information content (AvgIpc) is 2.39. The quantitative estimate of drug-likeness (QED) is 0.761. The minimum Gasteiger partial charge on any atom is -0.396 e. The Balaban J connectivity index is 2.38. The highest BCUT2D eigenvalue weighted by atomic mass is 35.5. The van der Waals surface area contributed by atoms with E-state index in [1.807, 2.05) is 38.1 Å². The maximum Gasteiger partial charge on any atom is 0.233 e. The van der Waals surface area contributed by atoms with Gasteiger partial charge in [0.15, 0.2) is 0 Å². The Morgan fingerprint density at radius 3 is 2.58 bits per heavy atom. The first kappa shape index (κ1) is 16.3. The van der Waals surface area contributed by atoms with Crippen LogP contribution in [-0.2, 0) is 4.79 Å². The van der Waals surface area contributed by atoms with Crippen molar-refractivity contribution < 1.29 is 9.90 Å². The second-order valence-electron chi connectivity index (χ2n) is 4.58. The van der Waals surface area contributed by atoms with E-state index in [0.29, 0.717) is 23.9 Å². The largest absolute Gasteiger partial charge is 0.396 e. The molecule has 2 unspecified atom stereocenters. The highest BCUT2D eigenvalue weighted by Gasteiger charge is 2.14. The van der Waals surface area contributed by atoms with E-state index in [1.54, 1.807) is 0 Å². The molecule has 0 aromatic heterocycles. The molecule has 0 saturated carbocycles. The first-order valence-electron chi connectivity index (χ1n) is 6.33. The summed E-state index contributed by atoms with van der Waals surface area (Å²) >= 11 is 7.32. The Morgan fingerprint density at radius 2 is 2.00 bits per heavy atom. The van der Waals surface area contributed by atoms with Crippen molar-refractivity contribution in [1.82, 2.24) is 5.32 Å². The van der Waals surface area contributed by atoms with Gasteiger partial charge in [-0.15, -0.1) is 11.8 Å². The van der Waals surface area contributed by atoms with E-state index in [9.17, 15) is 4.79 Å². The predicted octanol–water partition coefficient (Wildman–Crippen LogP) is 2.96. The van der Waals surface area contributed by atoms with Crippen molar-refractivity contribution in [2.75, 3.05) is 13.2 Å². The SMILES string of the molecule is CC(CCO)CNC(=O)C(C)Sc1ccc(Cl)cc1. The maximum atomic E-state index is 11.9. The van der Waals surface area contributed by atoms with Crippen LogP contribution in [0, 0.1) is 5.92 Å². The number of aliphatic hydroxyl groups is 1. The standard InChI is InChI=1S/C14H20ClNO2S/c1-10(7-8-17)9-16-14(18)11(2)19-13-5-3-12(15)4-6-13/h3-6,10-11,17H,7-9H2,1-2H3,(H,16,18). The molecule has 2 atom stereocenters. The van der Waals surface area contributed by atoms with Crippen molar-refractivity contribution in [3.05, 3.63) is 29.3 Å². The lowest BCUT2D eigenvalue weighted by atomic mass is 10.1. The molecule has 1 aromatic rings. The summed E-state index contributed by atoms with van der Waals surface area (Å²) in [7, 11) is 0. The molecule has 0 aliphatic carbocycles. The van der Waals surface area contributed by atoms with Crippen molar-refractivity contribution in [1.29, 1.82) is 0 Å². The number of hydrogen-bond donors (Lipinski definition) is 2. The topological polar surface area (TPSA) is 49.3 Å². The average molecular weight is 302 g/mol. The maximum absolute atomic E-state index is 11.9. The zero-order valence-corrected chi connectivity index (χ0v) is 12.8. The molecule has 0 saturated heterocycles. The van der Waals surface area contributed by atoms with E-state index >= 15 is 0 Å². The molecule has 1 aromatic carbocycles. The van der Waals surface area contributed by atoms with Crippen molar-refractivity contribution in [2.24, 2.45) is 5.92 Å². The van der Waals surface area contributed by atoms with Crippen LogP contribution in [-0.4, -0.2) is 29.4 Å². The molecule has 3 nitrogen and oxygen atoms in total. The van der Waals surface area contributed by atoms with Crippen LogP contribution in [0.25, 0.3) is 0 Å². The van der Waals surface area contributed by atoms with Gasteiger partial charge in [-0.05, 0) is 43.5 Å². The van der Waals surface area contributed by atoms with Crippen LogP contribution < -0.4 is 5.32 Å². The summed E-state index contributed by atoms with van der Waals surface area (Å²) in [5, 5.41) is 12.2. The van der Waals surface area contributed by atoms with Crippen LogP contribution in [0.3, 0.4) is 0 Å². The van der Waals surface area contributed by atoms with Gasteiger partial charge in [0.05, 0.1) is 5.25 Å². The molecule has 106 valence electrons. The molecular formula is C14H20ClNO2S. The molecule has 0 heterocycles. The number of aliphatic hydroxyl groups excluding tert-OH is 1. The summed E-state index contributed by atoms with van der Waals surface area (Å²) in [6.07, 6.45) is 0.707. The van der Waals surface area contributed by atoms with E-state index in [0.717, 1.165) is 4.90 Å². The summed E-state index contributed by atoms with van der Waals surface area (Å²) in [6.45, 7) is 4.65. The molecule has 1 amide bonds. The van der Waals surface area contributed by atoms with Gasteiger partial charge in [0.1, 0.15) is 0 Å². The van der Waals surface area contributed by atoms with Crippen molar-refractivity contribution in [2.45, 2.75) is 30.4 Å². The third-order valence-corrected chi connectivity index (χ3v) is 4.11. The fraction of sp³-hybridized carbons (Fsp3) is 0.500. The van der Waals surface area contributed by atoms with Gasteiger partial charge in [0.25, 0.3) is 0 Å². The minimum atomic E-state index is -0.150. The highest BCUT2D eigenvalue weighted by molar-refractivity contribution is 8.00. The number of halogens is 1. The van der Waals surface area contributed by atoms with Crippen LogP contribution in [0.1, 0.15) is 20.3 Å². The molecule has 19 heavy (non-hydrogen) atoms. The summed E-state index contributed by atoms with van der Waals surface area (Å²) in [5.74, 6) is 0.312. The number of amides is 1. The number of nitrogens with one attached hydrogen (secondary N) is 1. The van der Waals surface area contributed by atoms with E-state index in [1.165, 1.54) is 11.8 Å². The zero-order valence-electron chi connectivity index (χ0n) is 11.2. The summed E-state index contributed by atoms with van der Waals surface area (Å²) in [4.78, 5) is 12.9. The van der Waals surface area contributed by atoms with Crippen LogP contribution in [0.5, 0.6) is 0 Å². The second-order valence-corrected chi connectivity index (χ2v) is 6.43. The van der Waals surface area contributed by atoms with Crippen LogP contribution in [0.15, 0.2) is 29.2 Å². The number of carbonyl (C=O) groups excluding carboxylic acids is 1. The van der Waals surface area contributed by atoms with E-state index in [-0.39, 0.29) is 17.8 Å². The van der Waals surface area contributed by atoms with Crippen molar-refractivity contribution in [3.8, 4) is 0 Å². The van der Waals surface area contributed by atoms with Gasteiger partial charge in [-0.1, -0.05) is 18.5 Å². The molecule has 1 rings (SSSR count). The molecule has 0 spiro atoms. The molecule has 0 bridgehead atoms. The van der Waals surface area contributed by atoms with Crippen LogP contribution in [0.2, 0.25) is 5.02 Å². The van der Waals surface area contributed by atoms with Crippen LogP contribution >= 0.6 is 23.4 Å². The summed E-state index contributed by atoms with van der Waals surface area (Å²) < 4.78 is 0. The van der Waals surface area contributed by atoms with Gasteiger partial charge in [0, 0.05) is 23.1 Å². The number of rotatable bonds is 7. The van der Waals surface area contributed by atoms with Crippen molar-refractivity contribution >= 4 is 29.3 Å². The second kappa shape index (κ2) is 8.46. The Morgan fingerprint density at radius 1 is 1.37 bits per heavy atom. The van der Waals surface area contributed by atoms with E-state index in [2.05, 4.69) is 5.32 Å². The Kier molecular flexibility index (Phi) is 7.28. The predicted molar refractivity (Wildman–Crippen MR) is 80.6 cm³/mol. The molecule has 5 heteroatoms. The minimum absolute atomic E-state index is 0.0183. The molecule has 2 N–H and O–H groups in total. The lowest BCUT2D eigenvalue weighted by molar-refractivity contribution is -0.120. The molecule has 0 radical (unpaired) electrons. The van der Waals surface area contributed by atoms with Gasteiger partial charge < -0.3 is 10.4 Å². The number of thioether (sulfide) groups is 1. The lowest BCUT2D eigenvalue weighted by Gasteiger charge is -2.15. The van der Waals surface area contributed by atoms with Gasteiger partial charge in [0.2, 0.25) is 5.91 Å². The fourth-order valence-electron chi connectivity index (χ4n) is 1.51. The first-order valence-corrected chi connectivity index (χ1v) is 7.59. The van der Waals surface area contributed by atoms with Crippen molar-refractivity contribution in [3.63, 3.8) is 0 Å². The molecule has 0 fully saturated rings. The summed E-state index contributed by atoms with van der Waals surface area (Å²) in [6, 6.07) is 7.45. The number of hydrogen-bond acceptors (Lipinski definition) is 3. The smallest absolute Gasteiger partial charge is 0.233 e. The molecule has 0 aliphatic rings. The third-order valence-electron chi connectivity index (χ3n) is 2.74. The number of benzene rings is 1. The van der Waals surface area contributed by atoms with Gasteiger partial charge in [-0.3, -0.25) is 4.79 Å². The Bertz CT molecular complexity index is 397. The normalized spacial score (nSPS) is 13.9. The van der Waals surface area contributed by atoms with E-state index < -0.39 is 0 Å². The van der Waals surface area contributed by atoms with Crippen LogP contribution in [0.4, 0.5) is 0 Å². The van der Waals surface area contributed by atoms with E-state index in [4.69, 9.17) is 16.7 Å². The Hall–Kier alpha value is -0.710. The molecule has 0 aliphatic heterocycles. The summed E-state index contributed by atoms with van der Waals surface area (Å²) in [5.41, 5.74) is 0. The van der Waals surface area contributed by atoms with Gasteiger partial charge in [-0.2, -0.15) is 0 Å². The highest BCUT2D eigenvalue weighted by Crippen LogP contribution is 2.24. The van der Waals surface area contributed by atoms with Gasteiger partial charge in [-0.25, -0.2) is 0 Å². The Labute approximate surface area is 123 Å². The zero-order chi connectivity index (χ0) is 14.3.